The van der Waals surface area contributed by atoms with Crippen molar-refractivity contribution in [3.05, 3.63) is 35.5 Å². The van der Waals surface area contributed by atoms with Crippen LogP contribution in [0.4, 0.5) is 0 Å². The second-order valence-corrected chi connectivity index (χ2v) is 10.3. The molecule has 2 aromatic rings. The van der Waals surface area contributed by atoms with Gasteiger partial charge in [0.25, 0.3) is 0 Å². The van der Waals surface area contributed by atoms with Gasteiger partial charge in [0.1, 0.15) is 6.23 Å². The molecule has 3 heterocycles. The van der Waals surface area contributed by atoms with E-state index in [4.69, 9.17) is 0 Å². The minimum atomic E-state index is -0.450. The molecule has 4 bridgehead atoms. The van der Waals surface area contributed by atoms with Gasteiger partial charge in [0.2, 0.25) is 0 Å². The van der Waals surface area contributed by atoms with Crippen molar-refractivity contribution in [3.63, 3.8) is 0 Å². The Labute approximate surface area is 166 Å². The summed E-state index contributed by atoms with van der Waals surface area (Å²) >= 11 is 0. The van der Waals surface area contributed by atoms with Crippen LogP contribution in [0, 0.1) is 5.92 Å². The summed E-state index contributed by atoms with van der Waals surface area (Å²) < 4.78 is 0. The van der Waals surface area contributed by atoms with E-state index in [1.165, 1.54) is 34.9 Å². The quantitative estimate of drug-likeness (QED) is 0.727. The van der Waals surface area contributed by atoms with E-state index in [1.54, 1.807) is 0 Å². The van der Waals surface area contributed by atoms with E-state index in [9.17, 15) is 10.2 Å². The fraction of sp³-hybridized carbons (Fsp3) is 0.667. The first-order chi connectivity index (χ1) is 13.5. The van der Waals surface area contributed by atoms with Crippen LogP contribution >= 0.6 is 0 Å². The Morgan fingerprint density at radius 2 is 1.93 bits per heavy atom. The highest BCUT2D eigenvalue weighted by Gasteiger charge is 2.55. The maximum Gasteiger partial charge on any atom is 0.108 e. The molecular formula is C24H32N2O2. The topological polar surface area (TPSA) is 59.5 Å². The first-order valence-corrected chi connectivity index (χ1v) is 11.3. The van der Waals surface area contributed by atoms with Gasteiger partial charge >= 0.3 is 0 Å². The molecule has 1 aromatic heterocycles. The van der Waals surface area contributed by atoms with Crippen LogP contribution < -0.4 is 0 Å². The number of nitrogens with one attached hydrogen (secondary N) is 1. The number of aliphatic hydroxyl groups is 2. The smallest absolute Gasteiger partial charge is 0.108 e. The highest BCUT2D eigenvalue weighted by atomic mass is 16.3. The van der Waals surface area contributed by atoms with E-state index in [2.05, 4.69) is 41.2 Å². The van der Waals surface area contributed by atoms with Gasteiger partial charge in [0, 0.05) is 29.2 Å². The van der Waals surface area contributed by atoms with Crippen molar-refractivity contribution in [2.45, 2.75) is 94.0 Å². The molecule has 0 radical (unpaired) electrons. The van der Waals surface area contributed by atoms with Gasteiger partial charge in [-0.15, -0.1) is 0 Å². The first kappa shape index (κ1) is 17.5. The molecule has 3 aliphatic carbocycles. The summed E-state index contributed by atoms with van der Waals surface area (Å²) in [6.45, 7) is 2.26. The summed E-state index contributed by atoms with van der Waals surface area (Å²) in [5, 5.41) is 23.5. The van der Waals surface area contributed by atoms with Crippen molar-refractivity contribution in [1.29, 1.82) is 0 Å². The average Bonchev–Trinajstić information content (AvgIpc) is 3.37. The maximum atomic E-state index is 11.2. The van der Waals surface area contributed by atoms with Crippen molar-refractivity contribution in [2.24, 2.45) is 5.92 Å². The Morgan fingerprint density at radius 3 is 2.61 bits per heavy atom. The largest absolute Gasteiger partial charge is 0.390 e. The zero-order valence-corrected chi connectivity index (χ0v) is 16.8. The van der Waals surface area contributed by atoms with Crippen molar-refractivity contribution >= 4 is 10.9 Å². The number of H-pyrrole nitrogens is 1. The molecule has 7 rings (SSSR count). The molecule has 150 valence electrons. The molecule has 2 aliphatic heterocycles. The van der Waals surface area contributed by atoms with Gasteiger partial charge in [-0.05, 0) is 86.3 Å². The van der Waals surface area contributed by atoms with Crippen LogP contribution in [0.3, 0.4) is 0 Å². The summed E-state index contributed by atoms with van der Waals surface area (Å²) in [4.78, 5) is 5.85. The van der Waals surface area contributed by atoms with Gasteiger partial charge in [0.05, 0.1) is 5.60 Å². The summed E-state index contributed by atoms with van der Waals surface area (Å²) in [5.74, 6) is 1.70. The first-order valence-electron chi connectivity index (χ1n) is 11.3. The molecule has 4 nitrogen and oxygen atoms in total. The SMILES string of the molecule is CC(CC(O)N1C2CC3CC1CC(O)(C3)C2)c1c[nH]c2cccc(C3CC3)c12. The number of fused-ring (bicyclic) bond motifs is 1. The van der Waals surface area contributed by atoms with Gasteiger partial charge in [-0.3, -0.25) is 4.90 Å². The maximum absolute atomic E-state index is 11.2. The highest BCUT2D eigenvalue weighted by molar-refractivity contribution is 5.88. The molecule has 0 amide bonds. The zero-order chi connectivity index (χ0) is 19.0. The van der Waals surface area contributed by atoms with Crippen LogP contribution in [0.25, 0.3) is 10.9 Å². The van der Waals surface area contributed by atoms with E-state index in [0.29, 0.717) is 23.9 Å². The normalized spacial score (nSPS) is 36.9. The van der Waals surface area contributed by atoms with E-state index < -0.39 is 11.8 Å². The Kier molecular flexibility index (Phi) is 3.79. The predicted octanol–water partition coefficient (Wildman–Crippen LogP) is 4.24. The van der Waals surface area contributed by atoms with Gasteiger partial charge in [-0.2, -0.15) is 0 Å². The van der Waals surface area contributed by atoms with Crippen LogP contribution in [0.5, 0.6) is 0 Å². The number of benzene rings is 1. The second kappa shape index (κ2) is 6.07. The number of hydrogen-bond donors (Lipinski definition) is 3. The molecule has 4 heteroatoms. The zero-order valence-electron chi connectivity index (χ0n) is 16.8. The van der Waals surface area contributed by atoms with Gasteiger partial charge < -0.3 is 15.2 Å². The Morgan fingerprint density at radius 1 is 1.18 bits per heavy atom. The number of rotatable bonds is 5. The number of hydrogen-bond acceptors (Lipinski definition) is 3. The fourth-order valence-corrected chi connectivity index (χ4v) is 7.03. The third-order valence-electron chi connectivity index (χ3n) is 8.18. The third kappa shape index (κ3) is 2.68. The van der Waals surface area contributed by atoms with Crippen LogP contribution in [-0.4, -0.2) is 44.0 Å². The lowest BCUT2D eigenvalue weighted by molar-refractivity contribution is -0.199. The number of aromatic nitrogens is 1. The summed E-state index contributed by atoms with van der Waals surface area (Å²) in [6, 6.07) is 7.37. The third-order valence-corrected chi connectivity index (χ3v) is 8.18. The molecular weight excluding hydrogens is 348 g/mol. The molecule has 28 heavy (non-hydrogen) atoms. The van der Waals surface area contributed by atoms with Crippen LogP contribution in [0.15, 0.2) is 24.4 Å². The molecule has 4 unspecified atom stereocenters. The van der Waals surface area contributed by atoms with Crippen LogP contribution in [0.1, 0.15) is 81.3 Å². The van der Waals surface area contributed by atoms with Crippen molar-refractivity contribution in [2.75, 3.05) is 0 Å². The Hall–Kier alpha value is -1.36. The number of nitrogens with zero attached hydrogens (tertiary/aromatic N) is 1. The van der Waals surface area contributed by atoms with Gasteiger partial charge in [0.15, 0.2) is 0 Å². The van der Waals surface area contributed by atoms with Crippen molar-refractivity contribution in [3.8, 4) is 0 Å². The average molecular weight is 381 g/mol. The number of aliphatic hydroxyl groups excluding tert-OH is 1. The lowest BCUT2D eigenvalue weighted by Crippen LogP contribution is -2.66. The van der Waals surface area contributed by atoms with E-state index in [1.807, 2.05) is 0 Å². The Balaban J connectivity index is 1.25. The second-order valence-electron chi connectivity index (χ2n) is 10.3. The fourth-order valence-electron chi connectivity index (χ4n) is 7.03. The summed E-state index contributed by atoms with van der Waals surface area (Å²) in [6.07, 6.45) is 10.1. The van der Waals surface area contributed by atoms with E-state index >= 15 is 0 Å². The predicted molar refractivity (Wildman–Crippen MR) is 110 cm³/mol. The molecule has 3 saturated carbocycles. The Bertz CT molecular complexity index is 885. The molecule has 5 aliphatic rings. The standard InChI is InChI=1S/C24H32N2O2/c1-14(20-13-25-21-4-2-3-19(23(20)21)16-5-6-16)7-22(27)26-17-8-15-9-18(26)12-24(28,10-15)11-17/h2-4,13-18,22,25,27-28H,5-12H2,1H3. The molecule has 1 aromatic carbocycles. The minimum absolute atomic E-state index is 0.309. The summed E-state index contributed by atoms with van der Waals surface area (Å²) in [7, 11) is 0. The minimum Gasteiger partial charge on any atom is -0.390 e. The van der Waals surface area contributed by atoms with Crippen molar-refractivity contribution < 1.29 is 10.2 Å². The summed E-state index contributed by atoms with van der Waals surface area (Å²) in [5.41, 5.74) is 3.64. The lowest BCUT2D eigenvalue weighted by atomic mass is 9.61. The monoisotopic (exact) mass is 380 g/mol. The number of piperidine rings is 2. The highest BCUT2D eigenvalue weighted by Crippen LogP contribution is 2.52. The molecule has 3 N–H and O–H groups in total. The van der Waals surface area contributed by atoms with Gasteiger partial charge in [-0.25, -0.2) is 0 Å². The van der Waals surface area contributed by atoms with Crippen LogP contribution in [-0.2, 0) is 0 Å². The molecule has 5 fully saturated rings. The van der Waals surface area contributed by atoms with E-state index in [0.717, 1.165) is 44.4 Å². The molecule has 0 spiro atoms. The molecule has 4 atom stereocenters. The lowest BCUT2D eigenvalue weighted by Gasteiger charge is -2.61. The molecule has 2 saturated heterocycles. The van der Waals surface area contributed by atoms with Crippen LogP contribution in [0.2, 0.25) is 0 Å². The van der Waals surface area contributed by atoms with E-state index in [-0.39, 0.29) is 0 Å². The number of aromatic amines is 1. The van der Waals surface area contributed by atoms with Crippen molar-refractivity contribution in [1.82, 2.24) is 9.88 Å². The van der Waals surface area contributed by atoms with Gasteiger partial charge in [-0.1, -0.05) is 19.1 Å².